The van der Waals surface area contributed by atoms with Crippen LogP contribution in [0.3, 0.4) is 0 Å². The minimum absolute atomic E-state index is 0.119. The number of benzene rings is 1. The first-order valence-electron chi connectivity index (χ1n) is 9.69. The van der Waals surface area contributed by atoms with Gasteiger partial charge in [-0.15, -0.1) is 0 Å². The van der Waals surface area contributed by atoms with Crippen LogP contribution in [0.15, 0.2) is 48.7 Å². The van der Waals surface area contributed by atoms with Crippen molar-refractivity contribution in [3.8, 4) is 6.07 Å². The minimum Gasteiger partial charge on any atom is -0.367 e. The molecule has 1 amide bonds. The van der Waals surface area contributed by atoms with E-state index in [9.17, 15) is 4.79 Å². The molecule has 0 saturated heterocycles. The number of anilines is 1. The van der Waals surface area contributed by atoms with Gasteiger partial charge in [-0.05, 0) is 56.2 Å². The van der Waals surface area contributed by atoms with Gasteiger partial charge in [-0.25, -0.2) is 4.98 Å². The fourth-order valence-electron chi connectivity index (χ4n) is 3.55. The van der Waals surface area contributed by atoms with E-state index in [0.29, 0.717) is 11.6 Å². The van der Waals surface area contributed by atoms with Gasteiger partial charge in [0.2, 0.25) is 5.91 Å². The van der Waals surface area contributed by atoms with Crippen LogP contribution in [0.1, 0.15) is 43.2 Å². The fourth-order valence-corrected chi connectivity index (χ4v) is 3.55. The molecule has 27 heavy (non-hydrogen) atoms. The van der Waals surface area contributed by atoms with E-state index in [0.717, 1.165) is 50.9 Å². The molecule has 0 unspecified atom stereocenters. The summed E-state index contributed by atoms with van der Waals surface area (Å²) >= 11 is 0. The van der Waals surface area contributed by atoms with Crippen LogP contribution in [-0.4, -0.2) is 23.5 Å². The van der Waals surface area contributed by atoms with Gasteiger partial charge in [-0.1, -0.05) is 30.3 Å². The quantitative estimate of drug-likeness (QED) is 0.737. The summed E-state index contributed by atoms with van der Waals surface area (Å²) in [7, 11) is 0. The van der Waals surface area contributed by atoms with Gasteiger partial charge in [0.15, 0.2) is 0 Å². The normalized spacial score (nSPS) is 19.1. The molecule has 1 aliphatic carbocycles. The summed E-state index contributed by atoms with van der Waals surface area (Å²) in [6.45, 7) is 0.737. The van der Waals surface area contributed by atoms with E-state index < -0.39 is 0 Å². The lowest BCUT2D eigenvalue weighted by atomic mass is 9.85. The highest BCUT2D eigenvalue weighted by Crippen LogP contribution is 2.26. The SMILES string of the molecule is N#Cc1ccc(NC2CCC(C(=O)NCCCc3ccccc3)CC2)nc1. The second kappa shape index (κ2) is 9.72. The summed E-state index contributed by atoms with van der Waals surface area (Å²) in [4.78, 5) is 16.6. The maximum atomic E-state index is 12.4. The molecule has 140 valence electrons. The molecule has 2 N–H and O–H groups in total. The van der Waals surface area contributed by atoms with Gasteiger partial charge in [0.05, 0.1) is 5.56 Å². The van der Waals surface area contributed by atoms with Crippen molar-refractivity contribution in [2.24, 2.45) is 5.92 Å². The Morgan fingerprint density at radius 3 is 2.56 bits per heavy atom. The highest BCUT2D eigenvalue weighted by atomic mass is 16.1. The summed E-state index contributed by atoms with van der Waals surface area (Å²) in [6, 6.07) is 16.4. The van der Waals surface area contributed by atoms with Crippen LogP contribution in [0.5, 0.6) is 0 Å². The van der Waals surface area contributed by atoms with E-state index in [2.05, 4.69) is 33.8 Å². The van der Waals surface area contributed by atoms with Gasteiger partial charge in [0.1, 0.15) is 11.9 Å². The first kappa shape index (κ1) is 18.9. The zero-order chi connectivity index (χ0) is 18.9. The Morgan fingerprint density at radius 2 is 1.89 bits per heavy atom. The molecular weight excluding hydrogens is 336 g/mol. The lowest BCUT2D eigenvalue weighted by Gasteiger charge is -2.28. The maximum absolute atomic E-state index is 12.4. The smallest absolute Gasteiger partial charge is 0.223 e. The number of carbonyl (C=O) groups is 1. The number of carbonyl (C=O) groups excluding carboxylic acids is 1. The minimum atomic E-state index is 0.119. The van der Waals surface area contributed by atoms with Crippen LogP contribution >= 0.6 is 0 Å². The molecule has 1 aliphatic rings. The molecule has 3 rings (SSSR count). The number of pyridine rings is 1. The first-order chi connectivity index (χ1) is 13.2. The molecule has 0 aliphatic heterocycles. The molecule has 1 aromatic carbocycles. The van der Waals surface area contributed by atoms with Crippen LogP contribution < -0.4 is 10.6 Å². The zero-order valence-corrected chi connectivity index (χ0v) is 15.5. The van der Waals surface area contributed by atoms with Gasteiger partial charge in [0.25, 0.3) is 0 Å². The van der Waals surface area contributed by atoms with Crippen molar-refractivity contribution in [1.29, 1.82) is 5.26 Å². The van der Waals surface area contributed by atoms with Crippen molar-refractivity contribution in [1.82, 2.24) is 10.3 Å². The van der Waals surface area contributed by atoms with Gasteiger partial charge < -0.3 is 10.6 Å². The van der Waals surface area contributed by atoms with Crippen LogP contribution in [0, 0.1) is 17.2 Å². The third-order valence-electron chi connectivity index (χ3n) is 5.13. The van der Waals surface area contributed by atoms with E-state index in [-0.39, 0.29) is 11.8 Å². The molecule has 5 nitrogen and oxygen atoms in total. The number of hydrogen-bond donors (Lipinski definition) is 2. The average Bonchev–Trinajstić information content (AvgIpc) is 2.73. The molecule has 0 atom stereocenters. The number of amides is 1. The predicted molar refractivity (Wildman–Crippen MR) is 106 cm³/mol. The van der Waals surface area contributed by atoms with E-state index in [1.807, 2.05) is 24.3 Å². The van der Waals surface area contributed by atoms with Crippen LogP contribution in [0.2, 0.25) is 0 Å². The largest absolute Gasteiger partial charge is 0.367 e. The number of aromatic nitrogens is 1. The lowest BCUT2D eigenvalue weighted by molar-refractivity contribution is -0.125. The number of nitrogens with zero attached hydrogens (tertiary/aromatic N) is 2. The van der Waals surface area contributed by atoms with Crippen LogP contribution in [-0.2, 0) is 11.2 Å². The maximum Gasteiger partial charge on any atom is 0.223 e. The molecule has 0 spiro atoms. The standard InChI is InChI=1S/C22H26N4O/c23-15-18-8-13-21(25-16-18)26-20-11-9-19(10-12-20)22(27)24-14-4-7-17-5-2-1-3-6-17/h1-3,5-6,8,13,16,19-20H,4,7,9-12,14H2,(H,24,27)(H,25,26). The zero-order valence-electron chi connectivity index (χ0n) is 15.5. The van der Waals surface area contributed by atoms with Crippen molar-refractivity contribution < 1.29 is 4.79 Å². The van der Waals surface area contributed by atoms with Gasteiger partial charge in [-0.2, -0.15) is 5.26 Å². The van der Waals surface area contributed by atoms with Gasteiger partial charge >= 0.3 is 0 Å². The molecule has 0 bridgehead atoms. The highest BCUT2D eigenvalue weighted by molar-refractivity contribution is 5.78. The second-order valence-electron chi connectivity index (χ2n) is 7.12. The number of rotatable bonds is 7. The lowest BCUT2D eigenvalue weighted by Crippen LogP contribution is -2.36. The number of hydrogen-bond acceptors (Lipinski definition) is 4. The molecule has 1 saturated carbocycles. The van der Waals surface area contributed by atoms with E-state index in [1.54, 1.807) is 12.3 Å². The summed E-state index contributed by atoms with van der Waals surface area (Å²) in [5.74, 6) is 1.11. The molecule has 5 heteroatoms. The number of nitriles is 1. The second-order valence-corrected chi connectivity index (χ2v) is 7.12. The molecule has 1 fully saturated rings. The molecular formula is C22H26N4O. The van der Waals surface area contributed by atoms with Crippen molar-refractivity contribution in [2.45, 2.75) is 44.6 Å². The molecule has 0 radical (unpaired) electrons. The summed E-state index contributed by atoms with van der Waals surface area (Å²) in [5, 5.41) is 15.3. The number of aryl methyl sites for hydroxylation is 1. The topological polar surface area (TPSA) is 77.8 Å². The average molecular weight is 362 g/mol. The molecule has 2 aromatic rings. The Kier molecular flexibility index (Phi) is 6.81. The van der Waals surface area contributed by atoms with Crippen molar-refractivity contribution in [3.05, 3.63) is 59.8 Å². The van der Waals surface area contributed by atoms with E-state index in [4.69, 9.17) is 5.26 Å². The third kappa shape index (κ3) is 5.82. The van der Waals surface area contributed by atoms with Crippen LogP contribution in [0.4, 0.5) is 5.82 Å². The van der Waals surface area contributed by atoms with Gasteiger partial charge in [-0.3, -0.25) is 4.79 Å². The Labute approximate surface area is 160 Å². The van der Waals surface area contributed by atoms with Crippen LogP contribution in [0.25, 0.3) is 0 Å². The Hall–Kier alpha value is -2.87. The summed E-state index contributed by atoms with van der Waals surface area (Å²) < 4.78 is 0. The van der Waals surface area contributed by atoms with E-state index in [1.165, 1.54) is 5.56 Å². The van der Waals surface area contributed by atoms with Crippen molar-refractivity contribution in [2.75, 3.05) is 11.9 Å². The van der Waals surface area contributed by atoms with Gasteiger partial charge in [0, 0.05) is 24.7 Å². The Morgan fingerprint density at radius 1 is 1.11 bits per heavy atom. The molecule has 1 aromatic heterocycles. The third-order valence-corrected chi connectivity index (χ3v) is 5.13. The molecule has 1 heterocycles. The monoisotopic (exact) mass is 362 g/mol. The Balaban J connectivity index is 1.34. The van der Waals surface area contributed by atoms with Crippen molar-refractivity contribution >= 4 is 11.7 Å². The Bertz CT molecular complexity index is 759. The fraction of sp³-hybridized carbons (Fsp3) is 0.409. The van der Waals surface area contributed by atoms with Crippen molar-refractivity contribution in [3.63, 3.8) is 0 Å². The highest BCUT2D eigenvalue weighted by Gasteiger charge is 2.26. The summed E-state index contributed by atoms with van der Waals surface area (Å²) in [5.41, 5.74) is 1.88. The summed E-state index contributed by atoms with van der Waals surface area (Å²) in [6.07, 6.45) is 7.27. The number of nitrogens with one attached hydrogen (secondary N) is 2. The predicted octanol–water partition coefficient (Wildman–Crippen LogP) is 3.67. The van der Waals surface area contributed by atoms with E-state index >= 15 is 0 Å². The first-order valence-corrected chi connectivity index (χ1v) is 9.69.